The molecule has 3 N–H and O–H groups in total. The average Bonchev–Trinajstić information content (AvgIpc) is 2.73. The van der Waals surface area contributed by atoms with Crippen molar-refractivity contribution in [2.45, 2.75) is 59.2 Å². The molecule has 0 aliphatic rings. The van der Waals surface area contributed by atoms with E-state index in [0.717, 1.165) is 6.07 Å². The number of benzene rings is 2. The molecule has 2 aromatic carbocycles. The van der Waals surface area contributed by atoms with Crippen LogP contribution in [0.1, 0.15) is 53.4 Å². The van der Waals surface area contributed by atoms with Crippen molar-refractivity contribution >= 4 is 40.3 Å². The fourth-order valence-electron chi connectivity index (χ4n) is 4.05. The van der Waals surface area contributed by atoms with Gasteiger partial charge in [0.2, 0.25) is 0 Å². The quantitative estimate of drug-likeness (QED) is 0.410. The summed E-state index contributed by atoms with van der Waals surface area (Å²) in [6.45, 7) is 10.3. The summed E-state index contributed by atoms with van der Waals surface area (Å²) < 4.78 is 15.8. The fourth-order valence-corrected chi connectivity index (χ4v) is 4.30. The maximum atomic E-state index is 14.6. The number of hydrogen-bond acceptors (Lipinski definition) is 4. The van der Waals surface area contributed by atoms with Crippen molar-refractivity contribution in [3.63, 3.8) is 0 Å². The predicted octanol–water partition coefficient (Wildman–Crippen LogP) is 5.55. The number of amides is 3. The molecule has 0 saturated carbocycles. The standard InChI is InChI=1S/C25H29ClFN5O4/c1-13(2)28-23(34)30-19-12-15(10-11-17(19)27)31-21(14(3)32(24(35)36)25(4,5)6)29-18-9-7-8-16(26)20(18)22(31)33/h7-14H,1-6H3,(H,35,36)(H2,28,30,34)/t14-/m0/s1. The molecule has 1 aromatic heterocycles. The van der Waals surface area contributed by atoms with Crippen LogP contribution in [0.25, 0.3) is 16.6 Å². The van der Waals surface area contributed by atoms with Gasteiger partial charge < -0.3 is 15.7 Å². The Morgan fingerprint density at radius 2 is 1.83 bits per heavy atom. The van der Waals surface area contributed by atoms with Gasteiger partial charge in [-0.15, -0.1) is 0 Å². The molecule has 0 radical (unpaired) electrons. The lowest BCUT2D eigenvalue weighted by Gasteiger charge is -2.38. The summed E-state index contributed by atoms with van der Waals surface area (Å²) in [5.74, 6) is -0.606. The molecule has 0 fully saturated rings. The molecule has 0 spiro atoms. The van der Waals surface area contributed by atoms with Crippen LogP contribution in [0.4, 0.5) is 19.7 Å². The number of carbonyl (C=O) groups is 2. The normalized spacial score (nSPS) is 12.5. The number of halogens is 2. The third-order valence-electron chi connectivity index (χ3n) is 5.44. The molecule has 0 saturated heterocycles. The van der Waals surface area contributed by atoms with Crippen molar-refractivity contribution in [2.24, 2.45) is 0 Å². The Bertz CT molecular complexity index is 1380. The molecule has 3 aromatic rings. The van der Waals surface area contributed by atoms with E-state index in [1.165, 1.54) is 21.6 Å². The number of fused-ring (bicyclic) bond motifs is 1. The van der Waals surface area contributed by atoms with Crippen LogP contribution in [0.2, 0.25) is 5.02 Å². The van der Waals surface area contributed by atoms with E-state index in [1.807, 2.05) is 0 Å². The number of nitrogens with one attached hydrogen (secondary N) is 2. The lowest BCUT2D eigenvalue weighted by molar-refractivity contribution is 0.0719. The van der Waals surface area contributed by atoms with E-state index in [1.54, 1.807) is 59.7 Å². The number of aromatic nitrogens is 2. The lowest BCUT2D eigenvalue weighted by Crippen LogP contribution is -2.47. The van der Waals surface area contributed by atoms with Crippen LogP contribution < -0.4 is 16.2 Å². The molecule has 1 atom stereocenters. The summed E-state index contributed by atoms with van der Waals surface area (Å²) in [6, 6.07) is 6.86. The zero-order valence-corrected chi connectivity index (χ0v) is 21.6. The molecule has 0 aliphatic heterocycles. The second-order valence-electron chi connectivity index (χ2n) is 9.66. The van der Waals surface area contributed by atoms with Crippen LogP contribution in [0.3, 0.4) is 0 Å². The van der Waals surface area contributed by atoms with Crippen LogP contribution in [0, 0.1) is 5.82 Å². The van der Waals surface area contributed by atoms with Crippen LogP contribution in [0.5, 0.6) is 0 Å². The summed E-state index contributed by atoms with van der Waals surface area (Å²) in [5.41, 5.74) is -1.09. The van der Waals surface area contributed by atoms with Gasteiger partial charge >= 0.3 is 12.1 Å². The molecular weight excluding hydrogens is 489 g/mol. The molecule has 1 heterocycles. The van der Waals surface area contributed by atoms with E-state index in [4.69, 9.17) is 11.6 Å². The smallest absolute Gasteiger partial charge is 0.408 e. The van der Waals surface area contributed by atoms with Gasteiger partial charge in [-0.25, -0.2) is 19.0 Å². The highest BCUT2D eigenvalue weighted by molar-refractivity contribution is 6.35. The topological polar surface area (TPSA) is 117 Å². The second kappa shape index (κ2) is 10.1. The minimum atomic E-state index is -1.20. The van der Waals surface area contributed by atoms with Crippen molar-refractivity contribution in [1.29, 1.82) is 0 Å². The van der Waals surface area contributed by atoms with E-state index in [9.17, 15) is 23.9 Å². The molecule has 3 rings (SSSR count). The average molecular weight is 518 g/mol. The fraction of sp³-hybridized carbons (Fsp3) is 0.360. The maximum absolute atomic E-state index is 14.6. The molecule has 11 heteroatoms. The number of anilines is 1. The van der Waals surface area contributed by atoms with Gasteiger partial charge in [0.25, 0.3) is 5.56 Å². The zero-order valence-electron chi connectivity index (χ0n) is 20.9. The van der Waals surface area contributed by atoms with Crippen molar-refractivity contribution < 1.29 is 19.1 Å². The Kier molecular flexibility index (Phi) is 7.59. The molecule has 0 unspecified atom stereocenters. The minimum absolute atomic E-state index is 0.108. The van der Waals surface area contributed by atoms with Crippen molar-refractivity contribution in [3.8, 4) is 5.69 Å². The van der Waals surface area contributed by atoms with Crippen LogP contribution in [0.15, 0.2) is 41.2 Å². The SMILES string of the molecule is CC(C)NC(=O)Nc1cc(-n2c([C@H](C)N(C(=O)O)C(C)(C)C)nc3cccc(Cl)c3c2=O)ccc1F. The number of carbonyl (C=O) groups excluding carboxylic acids is 1. The minimum Gasteiger partial charge on any atom is -0.465 e. The van der Waals surface area contributed by atoms with E-state index in [-0.39, 0.29) is 33.6 Å². The predicted molar refractivity (Wildman–Crippen MR) is 138 cm³/mol. The highest BCUT2D eigenvalue weighted by atomic mass is 35.5. The Balaban J connectivity index is 2.31. The van der Waals surface area contributed by atoms with Crippen LogP contribution in [-0.4, -0.2) is 43.3 Å². The number of hydrogen-bond donors (Lipinski definition) is 3. The summed E-state index contributed by atoms with van der Waals surface area (Å²) in [5, 5.41) is 15.3. The summed E-state index contributed by atoms with van der Waals surface area (Å²) >= 11 is 6.33. The molecule has 192 valence electrons. The van der Waals surface area contributed by atoms with Gasteiger partial charge in [-0.1, -0.05) is 17.7 Å². The number of carboxylic acid groups (broad SMARTS) is 1. The number of nitrogens with zero attached hydrogens (tertiary/aromatic N) is 3. The largest absolute Gasteiger partial charge is 0.465 e. The Labute approximate surface area is 212 Å². The second-order valence-corrected chi connectivity index (χ2v) is 10.1. The van der Waals surface area contributed by atoms with E-state index in [2.05, 4.69) is 15.6 Å². The first-order valence-electron chi connectivity index (χ1n) is 11.3. The van der Waals surface area contributed by atoms with Crippen LogP contribution >= 0.6 is 11.6 Å². The highest BCUT2D eigenvalue weighted by Crippen LogP contribution is 2.30. The third-order valence-corrected chi connectivity index (χ3v) is 5.75. The maximum Gasteiger partial charge on any atom is 0.408 e. The van der Waals surface area contributed by atoms with E-state index >= 15 is 0 Å². The lowest BCUT2D eigenvalue weighted by atomic mass is 10.0. The van der Waals surface area contributed by atoms with Crippen LogP contribution in [-0.2, 0) is 0 Å². The van der Waals surface area contributed by atoms with Gasteiger partial charge in [0.15, 0.2) is 0 Å². The van der Waals surface area contributed by atoms with Gasteiger partial charge in [-0.2, -0.15) is 0 Å². The zero-order chi connectivity index (χ0) is 26.9. The van der Waals surface area contributed by atoms with E-state index in [0.29, 0.717) is 5.52 Å². The van der Waals surface area contributed by atoms with Gasteiger partial charge in [-0.3, -0.25) is 14.3 Å². The first kappa shape index (κ1) is 26.9. The molecule has 0 bridgehead atoms. The highest BCUT2D eigenvalue weighted by Gasteiger charge is 2.34. The van der Waals surface area contributed by atoms with Crippen molar-refractivity contribution in [2.75, 3.05) is 5.32 Å². The Hall–Kier alpha value is -3.66. The third kappa shape index (κ3) is 5.43. The Morgan fingerprint density at radius 1 is 1.17 bits per heavy atom. The summed E-state index contributed by atoms with van der Waals surface area (Å²) in [4.78, 5) is 44.0. The van der Waals surface area contributed by atoms with Crippen molar-refractivity contribution in [3.05, 3.63) is 63.4 Å². The van der Waals surface area contributed by atoms with Gasteiger partial charge in [-0.05, 0) is 71.9 Å². The molecular formula is C25H29ClFN5O4. The molecule has 9 nitrogen and oxygen atoms in total. The number of rotatable bonds is 5. The van der Waals surface area contributed by atoms with Gasteiger partial charge in [0.05, 0.1) is 33.3 Å². The Morgan fingerprint density at radius 3 is 2.42 bits per heavy atom. The first-order valence-corrected chi connectivity index (χ1v) is 11.7. The van der Waals surface area contributed by atoms with Gasteiger partial charge in [0.1, 0.15) is 11.6 Å². The monoisotopic (exact) mass is 517 g/mol. The molecule has 0 aliphatic carbocycles. The first-order chi connectivity index (χ1) is 16.7. The molecule has 36 heavy (non-hydrogen) atoms. The van der Waals surface area contributed by atoms with E-state index < -0.39 is 35.1 Å². The summed E-state index contributed by atoms with van der Waals surface area (Å²) in [6.07, 6.45) is -1.20. The number of urea groups is 1. The summed E-state index contributed by atoms with van der Waals surface area (Å²) in [7, 11) is 0. The molecule has 3 amide bonds. The van der Waals surface area contributed by atoms with Gasteiger partial charge in [0, 0.05) is 11.6 Å². The van der Waals surface area contributed by atoms with Crippen molar-refractivity contribution in [1.82, 2.24) is 19.8 Å².